The lowest BCUT2D eigenvalue weighted by Crippen LogP contribution is -2.56. The van der Waals surface area contributed by atoms with Crippen LogP contribution in [-0.4, -0.2) is 51.6 Å². The number of anilines is 1. The Morgan fingerprint density at radius 1 is 1.20 bits per heavy atom. The maximum absolute atomic E-state index is 14.0. The van der Waals surface area contributed by atoms with E-state index >= 15 is 0 Å². The van der Waals surface area contributed by atoms with Gasteiger partial charge in [0.05, 0.1) is 18.4 Å². The lowest BCUT2D eigenvalue weighted by Gasteiger charge is -2.33. The van der Waals surface area contributed by atoms with Crippen LogP contribution in [0.15, 0.2) is 36.7 Å². The highest BCUT2D eigenvalue weighted by Gasteiger charge is 2.42. The van der Waals surface area contributed by atoms with Crippen molar-refractivity contribution in [1.82, 2.24) is 25.9 Å². The Balaban J connectivity index is 1.60. The van der Waals surface area contributed by atoms with Gasteiger partial charge in [0, 0.05) is 38.5 Å². The van der Waals surface area contributed by atoms with E-state index in [-0.39, 0.29) is 36.2 Å². The maximum Gasteiger partial charge on any atom is 0.260 e. The SMILES string of the molecule is CC[C@H](C)[C@@H](CNN(Cc1ccnnc1)C(=O)C1Cc2cccc3c2N1C(=O)CCC3)NC(C)=O. The molecule has 186 valence electrons. The number of para-hydroxylation sites is 1. The average molecular weight is 479 g/mol. The first-order valence-corrected chi connectivity index (χ1v) is 12.4. The van der Waals surface area contributed by atoms with Crippen LogP contribution in [0.1, 0.15) is 56.7 Å². The first-order chi connectivity index (χ1) is 16.9. The summed E-state index contributed by atoms with van der Waals surface area (Å²) >= 11 is 0. The first kappa shape index (κ1) is 24.8. The van der Waals surface area contributed by atoms with Crippen LogP contribution in [0.5, 0.6) is 0 Å². The van der Waals surface area contributed by atoms with Gasteiger partial charge in [0.2, 0.25) is 11.8 Å². The number of nitrogens with zero attached hydrogens (tertiary/aromatic N) is 4. The Morgan fingerprint density at radius 2 is 2.00 bits per heavy atom. The number of carbonyl (C=O) groups is 3. The molecule has 1 aromatic carbocycles. The van der Waals surface area contributed by atoms with E-state index in [1.807, 2.05) is 18.2 Å². The quantitative estimate of drug-likeness (QED) is 0.535. The van der Waals surface area contributed by atoms with E-state index in [1.165, 1.54) is 6.92 Å². The Hall–Kier alpha value is -3.33. The van der Waals surface area contributed by atoms with Gasteiger partial charge in [0.15, 0.2) is 0 Å². The summed E-state index contributed by atoms with van der Waals surface area (Å²) in [6, 6.07) is 7.14. The molecule has 4 rings (SSSR count). The van der Waals surface area contributed by atoms with Gasteiger partial charge in [-0.1, -0.05) is 38.5 Å². The minimum absolute atomic E-state index is 0.00620. The number of aryl methyl sites for hydroxylation is 1. The third-order valence-electron chi connectivity index (χ3n) is 7.03. The molecule has 2 aliphatic rings. The van der Waals surface area contributed by atoms with Crippen molar-refractivity contribution in [3.05, 3.63) is 53.3 Å². The standard InChI is InChI=1S/C26H34N6O3/c1-4-17(2)22(30-18(3)33)15-29-31(16-19-11-12-27-28-14-19)26(35)23-13-21-9-5-7-20-8-6-10-24(34)32(23)25(20)21/h5,7,9,11-12,14,17,22-23,29H,4,6,8,10,13,15-16H2,1-3H3,(H,30,33)/t17-,22+,23?/m0/s1. The Morgan fingerprint density at radius 3 is 2.71 bits per heavy atom. The van der Waals surface area contributed by atoms with Gasteiger partial charge in [-0.25, -0.2) is 5.43 Å². The number of nitrogens with one attached hydrogen (secondary N) is 2. The highest BCUT2D eigenvalue weighted by Crippen LogP contribution is 2.39. The fraction of sp³-hybridized carbons (Fsp3) is 0.500. The fourth-order valence-corrected chi connectivity index (χ4v) is 4.96. The monoisotopic (exact) mass is 478 g/mol. The molecule has 0 saturated heterocycles. The second-order valence-corrected chi connectivity index (χ2v) is 9.49. The molecular weight excluding hydrogens is 444 g/mol. The Labute approximate surface area is 206 Å². The van der Waals surface area contributed by atoms with Crippen molar-refractivity contribution < 1.29 is 14.4 Å². The molecule has 9 heteroatoms. The van der Waals surface area contributed by atoms with Crippen LogP contribution in [0.2, 0.25) is 0 Å². The number of benzene rings is 1. The van der Waals surface area contributed by atoms with Gasteiger partial charge >= 0.3 is 0 Å². The number of hydrogen-bond donors (Lipinski definition) is 2. The number of hydrazine groups is 1. The molecule has 0 bridgehead atoms. The van der Waals surface area contributed by atoms with Crippen LogP contribution in [0, 0.1) is 5.92 Å². The van der Waals surface area contributed by atoms with Crippen molar-refractivity contribution in [3.63, 3.8) is 0 Å². The number of hydrogen-bond acceptors (Lipinski definition) is 6. The Kier molecular flexibility index (Phi) is 7.75. The highest BCUT2D eigenvalue weighted by molar-refractivity contribution is 6.04. The van der Waals surface area contributed by atoms with E-state index < -0.39 is 6.04 Å². The molecule has 2 aromatic rings. The summed E-state index contributed by atoms with van der Waals surface area (Å²) in [4.78, 5) is 40.6. The second-order valence-electron chi connectivity index (χ2n) is 9.49. The van der Waals surface area contributed by atoms with Crippen molar-refractivity contribution in [2.45, 2.75) is 71.5 Å². The molecule has 0 aliphatic carbocycles. The molecule has 0 saturated carbocycles. The summed E-state index contributed by atoms with van der Waals surface area (Å²) in [5, 5.41) is 12.3. The predicted octanol–water partition coefficient (Wildman–Crippen LogP) is 2.15. The molecule has 1 aromatic heterocycles. The van der Waals surface area contributed by atoms with Gasteiger partial charge in [-0.3, -0.25) is 24.3 Å². The molecular formula is C26H34N6O3. The van der Waals surface area contributed by atoms with Crippen LogP contribution in [0.25, 0.3) is 0 Å². The van der Waals surface area contributed by atoms with Gasteiger partial charge in [0.25, 0.3) is 5.91 Å². The van der Waals surface area contributed by atoms with E-state index in [0.717, 1.165) is 41.6 Å². The maximum atomic E-state index is 14.0. The zero-order valence-electron chi connectivity index (χ0n) is 20.7. The molecule has 0 spiro atoms. The normalized spacial score (nSPS) is 18.4. The fourth-order valence-electron chi connectivity index (χ4n) is 4.96. The third kappa shape index (κ3) is 5.51. The van der Waals surface area contributed by atoms with Crippen molar-refractivity contribution in [2.24, 2.45) is 5.92 Å². The van der Waals surface area contributed by atoms with Crippen LogP contribution < -0.4 is 15.6 Å². The molecule has 3 atom stereocenters. The summed E-state index contributed by atoms with van der Waals surface area (Å²) in [6.07, 6.45) is 6.64. The minimum atomic E-state index is -0.609. The van der Waals surface area contributed by atoms with Crippen molar-refractivity contribution in [2.75, 3.05) is 11.4 Å². The largest absolute Gasteiger partial charge is 0.352 e. The molecule has 0 fully saturated rings. The van der Waals surface area contributed by atoms with Gasteiger partial charge < -0.3 is 5.32 Å². The average Bonchev–Trinajstić information content (AvgIpc) is 3.17. The topological polar surface area (TPSA) is 108 Å². The number of carbonyl (C=O) groups excluding carboxylic acids is 3. The number of aromatic nitrogens is 2. The molecule has 2 aliphatic heterocycles. The molecule has 2 N–H and O–H groups in total. The van der Waals surface area contributed by atoms with Gasteiger partial charge in [-0.05, 0) is 41.5 Å². The molecule has 9 nitrogen and oxygen atoms in total. The van der Waals surface area contributed by atoms with Gasteiger partial charge in [-0.2, -0.15) is 10.2 Å². The number of amides is 3. The van der Waals surface area contributed by atoms with Crippen LogP contribution in [-0.2, 0) is 33.8 Å². The zero-order chi connectivity index (χ0) is 24.9. The van der Waals surface area contributed by atoms with Gasteiger partial charge in [-0.15, -0.1) is 0 Å². The van der Waals surface area contributed by atoms with Crippen molar-refractivity contribution in [1.29, 1.82) is 0 Å². The van der Waals surface area contributed by atoms with E-state index in [0.29, 0.717) is 19.4 Å². The molecule has 0 radical (unpaired) electrons. The smallest absolute Gasteiger partial charge is 0.260 e. The summed E-state index contributed by atoms with van der Waals surface area (Å²) in [7, 11) is 0. The summed E-state index contributed by atoms with van der Waals surface area (Å²) in [5.74, 6) is -0.0723. The first-order valence-electron chi connectivity index (χ1n) is 12.4. The summed E-state index contributed by atoms with van der Waals surface area (Å²) in [5.41, 5.74) is 7.18. The molecule has 1 unspecified atom stereocenters. The number of rotatable bonds is 9. The summed E-state index contributed by atoms with van der Waals surface area (Å²) in [6.45, 7) is 6.30. The third-order valence-corrected chi connectivity index (χ3v) is 7.03. The van der Waals surface area contributed by atoms with E-state index in [1.54, 1.807) is 22.3 Å². The van der Waals surface area contributed by atoms with E-state index in [2.05, 4.69) is 40.9 Å². The molecule has 3 amide bonds. The predicted molar refractivity (Wildman–Crippen MR) is 132 cm³/mol. The Bertz CT molecular complexity index is 1080. The minimum Gasteiger partial charge on any atom is -0.352 e. The van der Waals surface area contributed by atoms with E-state index in [4.69, 9.17) is 0 Å². The van der Waals surface area contributed by atoms with Crippen molar-refractivity contribution >= 4 is 23.4 Å². The molecule has 35 heavy (non-hydrogen) atoms. The van der Waals surface area contributed by atoms with Crippen LogP contribution in [0.3, 0.4) is 0 Å². The van der Waals surface area contributed by atoms with Crippen LogP contribution >= 0.6 is 0 Å². The molecule has 3 heterocycles. The van der Waals surface area contributed by atoms with Crippen molar-refractivity contribution in [3.8, 4) is 0 Å². The second kappa shape index (κ2) is 10.9. The lowest BCUT2D eigenvalue weighted by molar-refractivity contribution is -0.138. The van der Waals surface area contributed by atoms with E-state index in [9.17, 15) is 14.4 Å². The summed E-state index contributed by atoms with van der Waals surface area (Å²) < 4.78 is 0. The van der Waals surface area contributed by atoms with Crippen LogP contribution in [0.4, 0.5) is 5.69 Å². The zero-order valence-corrected chi connectivity index (χ0v) is 20.7. The highest BCUT2D eigenvalue weighted by atomic mass is 16.2. The lowest BCUT2D eigenvalue weighted by atomic mass is 9.99. The van der Waals surface area contributed by atoms with Gasteiger partial charge in [0.1, 0.15) is 6.04 Å².